The smallest absolute Gasteiger partial charge is 0.229 e. The molecule has 1 atom stereocenters. The number of benzene rings is 2. The van der Waals surface area contributed by atoms with Gasteiger partial charge in [0.15, 0.2) is 0 Å². The third kappa shape index (κ3) is 3.42. The lowest BCUT2D eigenvalue weighted by molar-refractivity contribution is -0.122. The number of aryl methyl sites for hydroxylation is 1. The first kappa shape index (κ1) is 15.3. The number of hydrogen-bond acceptors (Lipinski definition) is 2. The van der Waals surface area contributed by atoms with Crippen molar-refractivity contribution >= 4 is 23.2 Å². The first-order chi connectivity index (χ1) is 11.2. The van der Waals surface area contributed by atoms with Gasteiger partial charge < -0.3 is 10.2 Å². The summed E-state index contributed by atoms with van der Waals surface area (Å²) < 4.78 is 0. The Labute approximate surface area is 136 Å². The summed E-state index contributed by atoms with van der Waals surface area (Å²) in [6, 6.07) is 17.3. The molecule has 1 aliphatic heterocycles. The van der Waals surface area contributed by atoms with E-state index in [1.165, 1.54) is 5.56 Å². The fourth-order valence-corrected chi connectivity index (χ4v) is 2.81. The SMILES string of the molecule is CCc1ccc(NC(=O)C2CC(=O)N(c3ccccc3)C2)cc1. The zero-order valence-corrected chi connectivity index (χ0v) is 13.2. The van der Waals surface area contributed by atoms with Gasteiger partial charge >= 0.3 is 0 Å². The molecule has 1 saturated heterocycles. The van der Waals surface area contributed by atoms with Gasteiger partial charge in [0, 0.05) is 24.3 Å². The van der Waals surface area contributed by atoms with E-state index in [9.17, 15) is 9.59 Å². The second-order valence-corrected chi connectivity index (χ2v) is 5.78. The summed E-state index contributed by atoms with van der Waals surface area (Å²) in [6.07, 6.45) is 1.23. The molecule has 0 saturated carbocycles. The predicted octanol–water partition coefficient (Wildman–Crippen LogP) is 3.24. The van der Waals surface area contributed by atoms with Gasteiger partial charge in [-0.2, -0.15) is 0 Å². The third-order valence-corrected chi connectivity index (χ3v) is 4.19. The van der Waals surface area contributed by atoms with Gasteiger partial charge in [-0.3, -0.25) is 9.59 Å². The van der Waals surface area contributed by atoms with Crippen molar-refractivity contribution in [1.82, 2.24) is 0 Å². The monoisotopic (exact) mass is 308 g/mol. The van der Waals surface area contributed by atoms with Crippen LogP contribution in [0.25, 0.3) is 0 Å². The van der Waals surface area contributed by atoms with E-state index < -0.39 is 0 Å². The lowest BCUT2D eigenvalue weighted by atomic mass is 10.1. The summed E-state index contributed by atoms with van der Waals surface area (Å²) in [5, 5.41) is 2.91. The molecule has 0 aliphatic carbocycles. The molecule has 2 amide bonds. The van der Waals surface area contributed by atoms with E-state index in [0.29, 0.717) is 6.54 Å². The topological polar surface area (TPSA) is 49.4 Å². The van der Waals surface area contributed by atoms with E-state index >= 15 is 0 Å². The van der Waals surface area contributed by atoms with Crippen molar-refractivity contribution in [2.24, 2.45) is 5.92 Å². The summed E-state index contributed by atoms with van der Waals surface area (Å²) >= 11 is 0. The van der Waals surface area contributed by atoms with Crippen molar-refractivity contribution in [2.75, 3.05) is 16.8 Å². The predicted molar refractivity (Wildman–Crippen MR) is 91.4 cm³/mol. The number of carbonyl (C=O) groups is 2. The number of anilines is 2. The van der Waals surface area contributed by atoms with E-state index in [1.54, 1.807) is 4.90 Å². The van der Waals surface area contributed by atoms with Gasteiger partial charge in [0.2, 0.25) is 11.8 Å². The number of rotatable bonds is 4. The number of nitrogens with zero attached hydrogens (tertiary/aromatic N) is 1. The Bertz CT molecular complexity index is 695. The quantitative estimate of drug-likeness (QED) is 0.942. The lowest BCUT2D eigenvalue weighted by Gasteiger charge is -2.16. The molecule has 23 heavy (non-hydrogen) atoms. The highest BCUT2D eigenvalue weighted by Crippen LogP contribution is 2.25. The van der Waals surface area contributed by atoms with Crippen molar-refractivity contribution < 1.29 is 9.59 Å². The Morgan fingerprint density at radius 2 is 1.83 bits per heavy atom. The zero-order chi connectivity index (χ0) is 16.2. The number of nitrogens with one attached hydrogen (secondary N) is 1. The molecule has 0 radical (unpaired) electrons. The number of amides is 2. The van der Waals surface area contributed by atoms with Crippen molar-refractivity contribution in [1.29, 1.82) is 0 Å². The summed E-state index contributed by atoms with van der Waals surface area (Å²) in [5.41, 5.74) is 2.85. The Morgan fingerprint density at radius 3 is 2.48 bits per heavy atom. The first-order valence-corrected chi connectivity index (χ1v) is 7.92. The maximum absolute atomic E-state index is 12.4. The Hall–Kier alpha value is -2.62. The molecule has 1 fully saturated rings. The molecule has 2 aromatic carbocycles. The van der Waals surface area contributed by atoms with E-state index in [2.05, 4.69) is 12.2 Å². The summed E-state index contributed by atoms with van der Waals surface area (Å²) in [4.78, 5) is 26.3. The highest BCUT2D eigenvalue weighted by molar-refractivity contribution is 6.03. The fraction of sp³-hybridized carbons (Fsp3) is 0.263. The molecular weight excluding hydrogens is 288 g/mol. The van der Waals surface area contributed by atoms with Crippen molar-refractivity contribution in [2.45, 2.75) is 19.8 Å². The van der Waals surface area contributed by atoms with E-state index in [0.717, 1.165) is 17.8 Å². The van der Waals surface area contributed by atoms with Gasteiger partial charge in [-0.15, -0.1) is 0 Å². The molecule has 118 valence electrons. The van der Waals surface area contributed by atoms with Crippen LogP contribution in [0.15, 0.2) is 54.6 Å². The van der Waals surface area contributed by atoms with Gasteiger partial charge in [-0.25, -0.2) is 0 Å². The van der Waals surface area contributed by atoms with Crippen LogP contribution in [0.1, 0.15) is 18.9 Å². The fourth-order valence-electron chi connectivity index (χ4n) is 2.81. The van der Waals surface area contributed by atoms with Crippen LogP contribution >= 0.6 is 0 Å². The molecule has 0 spiro atoms. The molecule has 4 nitrogen and oxygen atoms in total. The van der Waals surface area contributed by atoms with Crippen molar-refractivity contribution in [3.63, 3.8) is 0 Å². The van der Waals surface area contributed by atoms with Gasteiger partial charge in [-0.05, 0) is 36.2 Å². The van der Waals surface area contributed by atoms with Crippen LogP contribution in [0.5, 0.6) is 0 Å². The maximum Gasteiger partial charge on any atom is 0.229 e. The maximum atomic E-state index is 12.4. The zero-order valence-electron chi connectivity index (χ0n) is 13.2. The summed E-state index contributed by atoms with van der Waals surface area (Å²) in [5.74, 6) is -0.410. The minimum atomic E-state index is -0.312. The highest BCUT2D eigenvalue weighted by Gasteiger charge is 2.35. The van der Waals surface area contributed by atoms with Crippen molar-refractivity contribution in [3.05, 3.63) is 60.2 Å². The molecule has 4 heteroatoms. The molecule has 0 bridgehead atoms. The Balaban J connectivity index is 1.65. The van der Waals surface area contributed by atoms with E-state index in [-0.39, 0.29) is 24.2 Å². The molecule has 1 aliphatic rings. The molecule has 1 N–H and O–H groups in total. The van der Waals surface area contributed by atoms with E-state index in [1.807, 2.05) is 54.6 Å². The molecule has 2 aromatic rings. The third-order valence-electron chi connectivity index (χ3n) is 4.19. The standard InChI is InChI=1S/C19H20N2O2/c1-2-14-8-10-16(11-9-14)20-19(23)15-12-18(22)21(13-15)17-6-4-3-5-7-17/h3-11,15H,2,12-13H2,1H3,(H,20,23). The highest BCUT2D eigenvalue weighted by atomic mass is 16.2. The minimum absolute atomic E-state index is 0.00215. The van der Waals surface area contributed by atoms with Gasteiger partial charge in [-0.1, -0.05) is 37.3 Å². The summed E-state index contributed by atoms with van der Waals surface area (Å²) in [7, 11) is 0. The molecule has 0 aromatic heterocycles. The first-order valence-electron chi connectivity index (χ1n) is 7.92. The van der Waals surface area contributed by atoms with Crippen LogP contribution < -0.4 is 10.2 Å². The van der Waals surface area contributed by atoms with Crippen molar-refractivity contribution in [3.8, 4) is 0 Å². The summed E-state index contributed by atoms with van der Waals surface area (Å²) in [6.45, 7) is 2.53. The second kappa shape index (κ2) is 6.65. The molecule has 1 heterocycles. The van der Waals surface area contributed by atoms with Crippen LogP contribution in [0.4, 0.5) is 11.4 Å². The number of hydrogen-bond donors (Lipinski definition) is 1. The average molecular weight is 308 g/mol. The van der Waals surface area contributed by atoms with Crippen LogP contribution in [0.3, 0.4) is 0 Å². The van der Waals surface area contributed by atoms with Crippen LogP contribution in [-0.4, -0.2) is 18.4 Å². The molecular formula is C19H20N2O2. The van der Waals surface area contributed by atoms with Crippen LogP contribution in [0.2, 0.25) is 0 Å². The average Bonchev–Trinajstić information content (AvgIpc) is 2.98. The number of carbonyl (C=O) groups excluding carboxylic acids is 2. The Morgan fingerprint density at radius 1 is 1.13 bits per heavy atom. The van der Waals surface area contributed by atoms with E-state index in [4.69, 9.17) is 0 Å². The normalized spacial score (nSPS) is 17.3. The van der Waals surface area contributed by atoms with Crippen LogP contribution in [-0.2, 0) is 16.0 Å². The van der Waals surface area contributed by atoms with Gasteiger partial charge in [0.25, 0.3) is 0 Å². The minimum Gasteiger partial charge on any atom is -0.326 e. The van der Waals surface area contributed by atoms with Gasteiger partial charge in [0.1, 0.15) is 0 Å². The molecule has 1 unspecified atom stereocenters. The number of para-hydroxylation sites is 1. The van der Waals surface area contributed by atoms with Gasteiger partial charge in [0.05, 0.1) is 5.92 Å². The van der Waals surface area contributed by atoms with Crippen LogP contribution in [0, 0.1) is 5.92 Å². The second-order valence-electron chi connectivity index (χ2n) is 5.78. The largest absolute Gasteiger partial charge is 0.326 e. The molecule has 3 rings (SSSR count). The lowest BCUT2D eigenvalue weighted by Crippen LogP contribution is -2.28. The Kier molecular flexibility index (Phi) is 4.42.